The zero-order chi connectivity index (χ0) is 15.1. The number of hydrogen-bond acceptors (Lipinski definition) is 3. The summed E-state index contributed by atoms with van der Waals surface area (Å²) in [6.07, 6.45) is 1.29. The van der Waals surface area contributed by atoms with Gasteiger partial charge in [-0.2, -0.15) is 0 Å². The van der Waals surface area contributed by atoms with Gasteiger partial charge in [0.2, 0.25) is 0 Å². The first-order chi connectivity index (χ1) is 10.1. The van der Waals surface area contributed by atoms with Crippen molar-refractivity contribution in [3.63, 3.8) is 0 Å². The lowest BCUT2D eigenvalue weighted by Gasteiger charge is -2.08. The molecule has 3 nitrogen and oxygen atoms in total. The van der Waals surface area contributed by atoms with Crippen LogP contribution in [0, 0.1) is 0 Å². The van der Waals surface area contributed by atoms with E-state index in [-0.39, 0.29) is 11.0 Å². The Morgan fingerprint density at radius 2 is 1.57 bits per heavy atom. The van der Waals surface area contributed by atoms with Crippen LogP contribution in [0.1, 0.15) is 12.5 Å². The Balaban J connectivity index is 1.94. The van der Waals surface area contributed by atoms with Gasteiger partial charge in [-0.3, -0.25) is 0 Å². The van der Waals surface area contributed by atoms with Gasteiger partial charge in [-0.15, -0.1) is 0 Å². The predicted octanol–water partition coefficient (Wildman–Crippen LogP) is 3.58. The van der Waals surface area contributed by atoms with E-state index >= 15 is 0 Å². The second-order valence-corrected chi connectivity index (χ2v) is 6.52. The van der Waals surface area contributed by atoms with Crippen LogP contribution in [0.5, 0.6) is 0 Å². The van der Waals surface area contributed by atoms with Crippen LogP contribution in [0.15, 0.2) is 77.0 Å². The highest BCUT2D eigenvalue weighted by Gasteiger charge is 2.09. The summed E-state index contributed by atoms with van der Waals surface area (Å²) in [6, 6.07) is 18.1. The molecule has 0 spiro atoms. The summed E-state index contributed by atoms with van der Waals surface area (Å²) in [6.45, 7) is 2.28. The Hall–Kier alpha value is -1.91. The molecule has 0 aliphatic heterocycles. The molecule has 0 aliphatic rings. The van der Waals surface area contributed by atoms with E-state index in [1.807, 2.05) is 37.3 Å². The molecule has 0 fully saturated rings. The Morgan fingerprint density at radius 3 is 2.19 bits per heavy atom. The number of hydrogen-bond donors (Lipinski definition) is 0. The fraction of sp³-hybridized carbons (Fsp3) is 0.176. The van der Waals surface area contributed by atoms with Gasteiger partial charge in [0.25, 0.3) is 0 Å². The molecule has 2 aromatic rings. The van der Waals surface area contributed by atoms with Crippen molar-refractivity contribution in [1.82, 2.24) is 0 Å². The molecule has 0 amide bonds. The standard InChI is InChI=1S/C17H18O3S/c1-15(20-14-16-8-4-2-5-9-16)12-13-21(18,19)17-10-6-3-7-11-17/h2-13,15H,14H2,1H3. The summed E-state index contributed by atoms with van der Waals surface area (Å²) in [5, 5.41) is 1.21. The van der Waals surface area contributed by atoms with Gasteiger partial charge in [-0.05, 0) is 30.7 Å². The van der Waals surface area contributed by atoms with Crippen molar-refractivity contribution in [3.05, 3.63) is 77.7 Å². The van der Waals surface area contributed by atoms with E-state index in [2.05, 4.69) is 0 Å². The van der Waals surface area contributed by atoms with Gasteiger partial charge in [0.1, 0.15) is 0 Å². The first-order valence-electron chi connectivity index (χ1n) is 6.72. The Kier molecular flexibility index (Phi) is 5.31. The number of benzene rings is 2. The third-order valence-electron chi connectivity index (χ3n) is 2.96. The third-order valence-corrected chi connectivity index (χ3v) is 4.40. The van der Waals surface area contributed by atoms with Crippen LogP contribution in [-0.2, 0) is 21.2 Å². The van der Waals surface area contributed by atoms with Crippen LogP contribution in [0.3, 0.4) is 0 Å². The summed E-state index contributed by atoms with van der Waals surface area (Å²) in [5.74, 6) is 0. The maximum absolute atomic E-state index is 12.1. The summed E-state index contributed by atoms with van der Waals surface area (Å²) in [5.41, 5.74) is 1.06. The Morgan fingerprint density at radius 1 is 1.00 bits per heavy atom. The molecule has 2 aromatic carbocycles. The molecule has 1 atom stereocenters. The lowest BCUT2D eigenvalue weighted by molar-refractivity contribution is 0.0841. The zero-order valence-electron chi connectivity index (χ0n) is 11.8. The van der Waals surface area contributed by atoms with E-state index in [4.69, 9.17) is 4.74 Å². The molecule has 0 heterocycles. The highest BCUT2D eigenvalue weighted by molar-refractivity contribution is 7.94. The number of ether oxygens (including phenoxy) is 1. The molecule has 21 heavy (non-hydrogen) atoms. The molecule has 110 valence electrons. The van der Waals surface area contributed by atoms with Crippen LogP contribution in [0.2, 0.25) is 0 Å². The second-order valence-electron chi connectivity index (χ2n) is 4.69. The third kappa shape index (κ3) is 4.85. The fourth-order valence-electron chi connectivity index (χ4n) is 1.76. The monoisotopic (exact) mass is 302 g/mol. The molecule has 4 heteroatoms. The molecule has 0 saturated heterocycles. The van der Waals surface area contributed by atoms with Gasteiger partial charge in [0.15, 0.2) is 9.84 Å². The lowest BCUT2D eigenvalue weighted by atomic mass is 10.2. The molecule has 2 rings (SSSR count). The largest absolute Gasteiger partial charge is 0.370 e. The molecule has 1 unspecified atom stereocenters. The van der Waals surface area contributed by atoms with Crippen LogP contribution < -0.4 is 0 Å². The summed E-state index contributed by atoms with van der Waals surface area (Å²) >= 11 is 0. The lowest BCUT2D eigenvalue weighted by Crippen LogP contribution is -2.06. The minimum absolute atomic E-state index is 0.274. The average Bonchev–Trinajstić information content (AvgIpc) is 2.53. The van der Waals surface area contributed by atoms with Gasteiger partial charge in [-0.1, -0.05) is 48.5 Å². The zero-order valence-corrected chi connectivity index (χ0v) is 12.7. The van der Waals surface area contributed by atoms with Crippen molar-refractivity contribution in [2.75, 3.05) is 0 Å². The summed E-state index contributed by atoms with van der Waals surface area (Å²) in [4.78, 5) is 0.288. The van der Waals surface area contributed by atoms with E-state index < -0.39 is 9.84 Å². The number of sulfone groups is 1. The van der Waals surface area contributed by atoms with E-state index in [9.17, 15) is 8.42 Å². The first-order valence-corrected chi connectivity index (χ1v) is 8.26. The molecule has 0 radical (unpaired) electrons. The quantitative estimate of drug-likeness (QED) is 0.819. The van der Waals surface area contributed by atoms with E-state index in [1.54, 1.807) is 36.4 Å². The van der Waals surface area contributed by atoms with Gasteiger partial charge in [-0.25, -0.2) is 8.42 Å². The van der Waals surface area contributed by atoms with Crippen molar-refractivity contribution in [2.45, 2.75) is 24.5 Å². The number of rotatable bonds is 6. The van der Waals surface area contributed by atoms with Crippen molar-refractivity contribution >= 4 is 9.84 Å². The molecular formula is C17H18O3S. The van der Waals surface area contributed by atoms with E-state index in [1.165, 1.54) is 5.41 Å². The van der Waals surface area contributed by atoms with Gasteiger partial charge in [0.05, 0.1) is 17.6 Å². The van der Waals surface area contributed by atoms with E-state index in [0.29, 0.717) is 6.61 Å². The van der Waals surface area contributed by atoms with Crippen molar-refractivity contribution < 1.29 is 13.2 Å². The van der Waals surface area contributed by atoms with Crippen LogP contribution in [0.25, 0.3) is 0 Å². The van der Waals surface area contributed by atoms with Crippen molar-refractivity contribution in [1.29, 1.82) is 0 Å². The minimum Gasteiger partial charge on any atom is -0.370 e. The second kappa shape index (κ2) is 7.20. The average molecular weight is 302 g/mol. The van der Waals surface area contributed by atoms with Gasteiger partial charge in [0, 0.05) is 5.41 Å². The maximum Gasteiger partial charge on any atom is 0.199 e. The molecule has 0 bridgehead atoms. The summed E-state index contributed by atoms with van der Waals surface area (Å²) in [7, 11) is -3.40. The highest BCUT2D eigenvalue weighted by atomic mass is 32.2. The maximum atomic E-state index is 12.1. The van der Waals surface area contributed by atoms with Crippen molar-refractivity contribution in [3.8, 4) is 0 Å². The van der Waals surface area contributed by atoms with Crippen LogP contribution >= 0.6 is 0 Å². The Labute approximate surface area is 125 Å². The normalized spacial score (nSPS) is 13.4. The van der Waals surface area contributed by atoms with E-state index in [0.717, 1.165) is 5.56 Å². The molecule has 0 aromatic heterocycles. The SMILES string of the molecule is CC(C=CS(=O)(=O)c1ccccc1)OCc1ccccc1. The molecule has 0 aliphatic carbocycles. The van der Waals surface area contributed by atoms with Crippen LogP contribution in [-0.4, -0.2) is 14.5 Å². The smallest absolute Gasteiger partial charge is 0.199 e. The fourth-order valence-corrected chi connectivity index (χ4v) is 2.88. The molecule has 0 saturated carbocycles. The topological polar surface area (TPSA) is 43.4 Å². The highest BCUT2D eigenvalue weighted by Crippen LogP contribution is 2.12. The molecular weight excluding hydrogens is 284 g/mol. The van der Waals surface area contributed by atoms with Crippen LogP contribution in [0.4, 0.5) is 0 Å². The minimum atomic E-state index is -3.40. The van der Waals surface area contributed by atoms with Gasteiger partial charge >= 0.3 is 0 Å². The predicted molar refractivity (Wildman–Crippen MR) is 83.5 cm³/mol. The van der Waals surface area contributed by atoms with Gasteiger partial charge < -0.3 is 4.74 Å². The molecule has 0 N–H and O–H groups in total. The summed E-state index contributed by atoms with van der Waals surface area (Å²) < 4.78 is 29.7. The Bertz CT molecular complexity index is 676. The van der Waals surface area contributed by atoms with Crippen molar-refractivity contribution in [2.24, 2.45) is 0 Å². The first kappa shape index (κ1) is 15.5.